The fraction of sp³-hybridized carbons (Fsp3) is 0.273. The van der Waals surface area contributed by atoms with Crippen LogP contribution in [-0.2, 0) is 14.6 Å². The van der Waals surface area contributed by atoms with E-state index in [1.165, 1.54) is 6.92 Å². The minimum absolute atomic E-state index is 0.387. The first-order chi connectivity index (χ1) is 9.86. The van der Waals surface area contributed by atoms with Crippen molar-refractivity contribution < 1.29 is 31.2 Å². The molecular weight excluding hydrogens is 349 g/mol. The van der Waals surface area contributed by atoms with Gasteiger partial charge in [0.15, 0.2) is 0 Å². The summed E-state index contributed by atoms with van der Waals surface area (Å²) < 4.78 is 60.2. The highest BCUT2D eigenvalue weighted by molar-refractivity contribution is 7.92. The Labute approximate surface area is 128 Å². The smallest absolute Gasteiger partial charge is 0.368 e. The second kappa shape index (κ2) is 6.13. The lowest BCUT2D eigenvalue weighted by molar-refractivity contribution is -0.119. The predicted octanol–water partition coefficient (Wildman–Crippen LogP) is 1.24. The number of sulfone groups is 1. The molecule has 0 spiro atoms. The van der Waals surface area contributed by atoms with E-state index in [4.69, 9.17) is 17.3 Å². The minimum Gasteiger partial charge on any atom is -0.368 e. The van der Waals surface area contributed by atoms with Gasteiger partial charge in [0.25, 0.3) is 15.7 Å². The molecule has 0 aliphatic carbocycles. The van der Waals surface area contributed by atoms with Gasteiger partial charge < -0.3 is 11.1 Å². The van der Waals surface area contributed by atoms with Crippen molar-refractivity contribution in [2.24, 2.45) is 5.73 Å². The van der Waals surface area contributed by atoms with Gasteiger partial charge in [0, 0.05) is 10.6 Å². The Morgan fingerprint density at radius 1 is 1.27 bits per heavy atom. The molecule has 0 aliphatic heterocycles. The number of carbonyl (C=O) groups excluding carboxylic acids is 2. The quantitative estimate of drug-likeness (QED) is 0.844. The summed E-state index contributed by atoms with van der Waals surface area (Å²) in [5, 5.41) is 1.71. The van der Waals surface area contributed by atoms with Crippen molar-refractivity contribution >= 4 is 33.3 Å². The zero-order valence-electron chi connectivity index (χ0n) is 10.9. The monoisotopic (exact) mass is 358 g/mol. The molecule has 2 amide bonds. The van der Waals surface area contributed by atoms with Gasteiger partial charge in [0.2, 0.25) is 5.91 Å². The highest BCUT2D eigenvalue weighted by Crippen LogP contribution is 2.32. The van der Waals surface area contributed by atoms with Crippen molar-refractivity contribution in [1.29, 1.82) is 0 Å². The Morgan fingerprint density at radius 2 is 1.82 bits per heavy atom. The molecule has 22 heavy (non-hydrogen) atoms. The molecule has 1 rings (SSSR count). The second-order valence-electron chi connectivity index (χ2n) is 4.22. The standard InChI is InChI=1S/C11H10ClF3N2O4S/c1-5(9(16)18)17-10(19)6-2-7(12)4-8(3-6)22(20,21)11(13,14)15/h2-5H,1H3,(H2,16,18)(H,17,19). The van der Waals surface area contributed by atoms with Crippen molar-refractivity contribution in [2.75, 3.05) is 0 Å². The van der Waals surface area contributed by atoms with Gasteiger partial charge in [0.05, 0.1) is 4.90 Å². The average Bonchev–Trinajstić information content (AvgIpc) is 2.36. The molecule has 1 unspecified atom stereocenters. The number of halogens is 4. The van der Waals surface area contributed by atoms with E-state index in [0.717, 1.165) is 6.07 Å². The molecule has 3 N–H and O–H groups in total. The predicted molar refractivity (Wildman–Crippen MR) is 70.8 cm³/mol. The van der Waals surface area contributed by atoms with Crippen LogP contribution in [0.25, 0.3) is 0 Å². The molecule has 0 heterocycles. The van der Waals surface area contributed by atoms with Gasteiger partial charge in [0.1, 0.15) is 6.04 Å². The number of alkyl halides is 3. The highest BCUT2D eigenvalue weighted by Gasteiger charge is 2.47. The minimum atomic E-state index is -5.66. The molecule has 1 atom stereocenters. The number of amides is 2. The summed E-state index contributed by atoms with van der Waals surface area (Å²) in [6, 6.07) is 0.935. The van der Waals surface area contributed by atoms with Crippen molar-refractivity contribution in [1.82, 2.24) is 5.32 Å². The maximum absolute atomic E-state index is 12.5. The first-order valence-corrected chi connectivity index (χ1v) is 7.44. The summed E-state index contributed by atoms with van der Waals surface area (Å²) in [5.41, 5.74) is -1.07. The van der Waals surface area contributed by atoms with Crippen LogP contribution < -0.4 is 11.1 Å². The number of benzene rings is 1. The van der Waals surface area contributed by atoms with Crippen LogP contribution in [0.4, 0.5) is 13.2 Å². The Bertz CT molecular complexity index is 719. The number of primary amides is 1. The van der Waals surface area contributed by atoms with Crippen LogP contribution in [0.2, 0.25) is 5.02 Å². The van der Waals surface area contributed by atoms with E-state index in [2.05, 4.69) is 5.32 Å². The lowest BCUT2D eigenvalue weighted by Gasteiger charge is -2.12. The van der Waals surface area contributed by atoms with Crippen LogP contribution in [0.5, 0.6) is 0 Å². The molecule has 0 radical (unpaired) electrons. The lowest BCUT2D eigenvalue weighted by Crippen LogP contribution is -2.42. The fourth-order valence-electron chi connectivity index (χ4n) is 1.33. The maximum Gasteiger partial charge on any atom is 0.501 e. The van der Waals surface area contributed by atoms with Crippen LogP contribution >= 0.6 is 11.6 Å². The third-order valence-electron chi connectivity index (χ3n) is 2.52. The number of hydrogen-bond acceptors (Lipinski definition) is 4. The van der Waals surface area contributed by atoms with E-state index in [9.17, 15) is 31.2 Å². The maximum atomic E-state index is 12.5. The molecule has 0 fully saturated rings. The van der Waals surface area contributed by atoms with Gasteiger partial charge in [-0.1, -0.05) is 11.6 Å². The van der Waals surface area contributed by atoms with Gasteiger partial charge in [-0.05, 0) is 25.1 Å². The fourth-order valence-corrected chi connectivity index (χ4v) is 2.46. The molecule has 1 aromatic carbocycles. The van der Waals surface area contributed by atoms with Crippen LogP contribution in [0.3, 0.4) is 0 Å². The zero-order valence-corrected chi connectivity index (χ0v) is 12.5. The zero-order chi connectivity index (χ0) is 17.3. The number of nitrogens with two attached hydrogens (primary N) is 1. The molecule has 0 saturated heterocycles. The first-order valence-electron chi connectivity index (χ1n) is 5.58. The van der Waals surface area contributed by atoms with Gasteiger partial charge in [-0.15, -0.1) is 0 Å². The Kier molecular flexibility index (Phi) is 5.08. The highest BCUT2D eigenvalue weighted by atomic mass is 35.5. The third-order valence-corrected chi connectivity index (χ3v) is 4.21. The Hall–Kier alpha value is -1.81. The Morgan fingerprint density at radius 3 is 2.27 bits per heavy atom. The van der Waals surface area contributed by atoms with E-state index in [0.29, 0.717) is 12.1 Å². The summed E-state index contributed by atoms with van der Waals surface area (Å²) in [5.74, 6) is -1.87. The normalized spacial score (nSPS) is 13.5. The van der Waals surface area contributed by atoms with E-state index < -0.39 is 43.7 Å². The summed E-state index contributed by atoms with van der Waals surface area (Å²) in [6.45, 7) is 1.25. The average molecular weight is 359 g/mol. The van der Waals surface area contributed by atoms with E-state index in [1.54, 1.807) is 0 Å². The number of nitrogens with one attached hydrogen (secondary N) is 1. The molecule has 0 aromatic heterocycles. The molecule has 0 saturated carbocycles. The van der Waals surface area contributed by atoms with Crippen molar-refractivity contribution in [2.45, 2.75) is 23.4 Å². The largest absolute Gasteiger partial charge is 0.501 e. The van der Waals surface area contributed by atoms with Gasteiger partial charge in [-0.3, -0.25) is 9.59 Å². The van der Waals surface area contributed by atoms with Gasteiger partial charge >= 0.3 is 5.51 Å². The second-order valence-corrected chi connectivity index (χ2v) is 6.60. The first kappa shape index (κ1) is 18.2. The van der Waals surface area contributed by atoms with Crippen LogP contribution in [0, 0.1) is 0 Å². The molecule has 0 aliphatic rings. The third kappa shape index (κ3) is 3.89. The van der Waals surface area contributed by atoms with Crippen LogP contribution in [0.1, 0.15) is 17.3 Å². The molecule has 6 nitrogen and oxygen atoms in total. The lowest BCUT2D eigenvalue weighted by atomic mass is 10.2. The molecule has 122 valence electrons. The van der Waals surface area contributed by atoms with Gasteiger partial charge in [-0.2, -0.15) is 13.2 Å². The van der Waals surface area contributed by atoms with Crippen molar-refractivity contribution in [3.05, 3.63) is 28.8 Å². The van der Waals surface area contributed by atoms with Crippen LogP contribution in [-0.4, -0.2) is 31.8 Å². The summed E-state index contributed by atoms with van der Waals surface area (Å²) in [6.07, 6.45) is 0. The van der Waals surface area contributed by atoms with Gasteiger partial charge in [-0.25, -0.2) is 8.42 Å². The van der Waals surface area contributed by atoms with Crippen molar-refractivity contribution in [3.63, 3.8) is 0 Å². The summed E-state index contributed by atoms with van der Waals surface area (Å²) in [4.78, 5) is 21.4. The number of hydrogen-bond donors (Lipinski definition) is 2. The molecule has 1 aromatic rings. The van der Waals surface area contributed by atoms with E-state index >= 15 is 0 Å². The van der Waals surface area contributed by atoms with E-state index in [1.807, 2.05) is 0 Å². The SMILES string of the molecule is CC(NC(=O)c1cc(Cl)cc(S(=O)(=O)C(F)(F)F)c1)C(N)=O. The number of carbonyl (C=O) groups is 2. The molecular formula is C11H10ClF3N2O4S. The van der Waals surface area contributed by atoms with E-state index in [-0.39, 0.29) is 5.02 Å². The summed E-state index contributed by atoms with van der Waals surface area (Å²) in [7, 11) is -5.66. The van der Waals surface area contributed by atoms with Crippen LogP contribution in [0.15, 0.2) is 23.1 Å². The number of rotatable bonds is 4. The summed E-state index contributed by atoms with van der Waals surface area (Å²) >= 11 is 5.55. The Balaban J connectivity index is 3.27. The molecule has 11 heteroatoms. The topological polar surface area (TPSA) is 106 Å². The molecule has 0 bridgehead atoms. The van der Waals surface area contributed by atoms with Crippen molar-refractivity contribution in [3.8, 4) is 0 Å².